The van der Waals surface area contributed by atoms with E-state index in [0.717, 1.165) is 5.56 Å². The van der Waals surface area contributed by atoms with Crippen molar-refractivity contribution >= 4 is 11.6 Å². The largest absolute Gasteiger partial charge is 0.486 e. The molecule has 1 amide bonds. The number of aromatic nitrogens is 2. The second-order valence-corrected chi connectivity index (χ2v) is 6.12. The predicted octanol–water partition coefficient (Wildman–Crippen LogP) is 1.57. The summed E-state index contributed by atoms with van der Waals surface area (Å²) in [6, 6.07) is 11.0. The number of fused-ring (bicyclic) bond motifs is 2. The second kappa shape index (κ2) is 6.51. The summed E-state index contributed by atoms with van der Waals surface area (Å²) in [7, 11) is 0. The Labute approximate surface area is 149 Å². The Hall–Kier alpha value is -3.35. The van der Waals surface area contributed by atoms with Gasteiger partial charge in [0.1, 0.15) is 23.9 Å². The molecule has 0 bridgehead atoms. The Morgan fingerprint density at radius 2 is 2.08 bits per heavy atom. The number of hydrogen-bond donors (Lipinski definition) is 1. The molecular formula is C19H17N3O4. The van der Waals surface area contributed by atoms with Crippen molar-refractivity contribution in [2.45, 2.75) is 13.0 Å². The number of carbonyl (C=O) groups excluding carboxylic acids is 1. The lowest BCUT2D eigenvalue weighted by molar-refractivity contribution is 0.0788. The number of nitrogens with one attached hydrogen (secondary N) is 1. The molecule has 0 saturated heterocycles. The van der Waals surface area contributed by atoms with E-state index in [2.05, 4.69) is 10.3 Å². The molecule has 2 aromatic heterocycles. The van der Waals surface area contributed by atoms with Crippen molar-refractivity contribution in [3.8, 4) is 11.5 Å². The number of hydrogen-bond acceptors (Lipinski definition) is 5. The van der Waals surface area contributed by atoms with E-state index in [1.165, 1.54) is 10.6 Å². The van der Waals surface area contributed by atoms with Gasteiger partial charge in [0, 0.05) is 12.4 Å². The van der Waals surface area contributed by atoms with E-state index in [1.807, 2.05) is 37.3 Å². The molecule has 7 heteroatoms. The van der Waals surface area contributed by atoms with Gasteiger partial charge in [-0.1, -0.05) is 18.2 Å². The zero-order chi connectivity index (χ0) is 18.1. The van der Waals surface area contributed by atoms with E-state index >= 15 is 0 Å². The molecule has 1 aromatic carbocycles. The van der Waals surface area contributed by atoms with Gasteiger partial charge in [0.05, 0.1) is 6.54 Å². The van der Waals surface area contributed by atoms with Gasteiger partial charge in [0.25, 0.3) is 11.5 Å². The van der Waals surface area contributed by atoms with E-state index in [4.69, 9.17) is 9.47 Å². The summed E-state index contributed by atoms with van der Waals surface area (Å²) in [5.41, 5.74) is 0.996. The number of amides is 1. The average molecular weight is 351 g/mol. The van der Waals surface area contributed by atoms with Gasteiger partial charge >= 0.3 is 0 Å². The average Bonchev–Trinajstić information content (AvgIpc) is 2.66. The van der Waals surface area contributed by atoms with Gasteiger partial charge in [0.2, 0.25) is 0 Å². The van der Waals surface area contributed by atoms with Gasteiger partial charge < -0.3 is 14.8 Å². The summed E-state index contributed by atoms with van der Waals surface area (Å²) >= 11 is 0. The minimum absolute atomic E-state index is 0.00905. The van der Waals surface area contributed by atoms with Gasteiger partial charge in [-0.05, 0) is 30.7 Å². The molecule has 3 aromatic rings. The summed E-state index contributed by atoms with van der Waals surface area (Å²) < 4.78 is 12.8. The van der Waals surface area contributed by atoms with Crippen LogP contribution in [0.5, 0.6) is 11.5 Å². The summed E-state index contributed by atoms with van der Waals surface area (Å²) in [6.07, 6.45) is 2.64. The molecule has 1 N–H and O–H groups in total. The Balaban J connectivity index is 1.48. The number of aryl methyl sites for hydroxylation is 1. The monoisotopic (exact) mass is 351 g/mol. The number of ether oxygens (including phenoxy) is 2. The maximum absolute atomic E-state index is 12.5. The third-order valence-electron chi connectivity index (χ3n) is 4.15. The fourth-order valence-corrected chi connectivity index (χ4v) is 2.80. The van der Waals surface area contributed by atoms with Crippen LogP contribution < -0.4 is 20.3 Å². The molecule has 4 rings (SSSR count). The van der Waals surface area contributed by atoms with Crippen molar-refractivity contribution in [1.82, 2.24) is 14.7 Å². The lowest BCUT2D eigenvalue weighted by atomic mass is 10.2. The molecular weight excluding hydrogens is 334 g/mol. The molecule has 7 nitrogen and oxygen atoms in total. The Morgan fingerprint density at radius 1 is 1.27 bits per heavy atom. The third kappa shape index (κ3) is 2.99. The zero-order valence-corrected chi connectivity index (χ0v) is 14.1. The summed E-state index contributed by atoms with van der Waals surface area (Å²) in [5.74, 6) is 0.837. The highest BCUT2D eigenvalue weighted by Crippen LogP contribution is 2.30. The molecule has 0 aliphatic carbocycles. The van der Waals surface area contributed by atoms with Crippen LogP contribution in [-0.2, 0) is 0 Å². The first kappa shape index (κ1) is 16.1. The van der Waals surface area contributed by atoms with Gasteiger partial charge in [-0.15, -0.1) is 0 Å². The van der Waals surface area contributed by atoms with Crippen molar-refractivity contribution in [3.05, 3.63) is 70.3 Å². The molecule has 3 heterocycles. The van der Waals surface area contributed by atoms with Crippen LogP contribution in [0.3, 0.4) is 0 Å². The van der Waals surface area contributed by atoms with Crippen molar-refractivity contribution in [2.75, 3.05) is 13.2 Å². The van der Waals surface area contributed by atoms with Crippen molar-refractivity contribution < 1.29 is 14.3 Å². The first-order chi connectivity index (χ1) is 12.6. The molecule has 132 valence electrons. The van der Waals surface area contributed by atoms with Gasteiger partial charge in [-0.2, -0.15) is 0 Å². The molecule has 0 fully saturated rings. The van der Waals surface area contributed by atoms with E-state index < -0.39 is 11.5 Å². The highest BCUT2D eigenvalue weighted by atomic mass is 16.6. The van der Waals surface area contributed by atoms with Crippen LogP contribution in [0.4, 0.5) is 0 Å². The predicted molar refractivity (Wildman–Crippen MR) is 94.9 cm³/mol. The Bertz CT molecular complexity index is 1040. The first-order valence-electron chi connectivity index (χ1n) is 8.26. The van der Waals surface area contributed by atoms with Gasteiger partial charge in [0.15, 0.2) is 11.5 Å². The van der Waals surface area contributed by atoms with Crippen LogP contribution in [0.25, 0.3) is 5.65 Å². The summed E-state index contributed by atoms with van der Waals surface area (Å²) in [5, 5.41) is 2.72. The minimum atomic E-state index is -0.485. The third-order valence-corrected chi connectivity index (χ3v) is 4.15. The lowest BCUT2D eigenvalue weighted by Gasteiger charge is -2.26. The topological polar surface area (TPSA) is 81.9 Å². The standard InChI is InChI=1S/C19H17N3O4/c1-12-6-7-17-20-9-14(19(24)22(17)10-12)18(23)21-8-13-11-25-15-4-2-3-5-16(15)26-13/h2-7,9-10,13H,8,11H2,1H3,(H,21,23). The highest BCUT2D eigenvalue weighted by molar-refractivity contribution is 5.93. The van der Waals surface area contributed by atoms with Gasteiger partial charge in [-0.25, -0.2) is 4.98 Å². The maximum Gasteiger partial charge on any atom is 0.270 e. The zero-order valence-electron chi connectivity index (χ0n) is 14.1. The Morgan fingerprint density at radius 3 is 2.92 bits per heavy atom. The fourth-order valence-electron chi connectivity index (χ4n) is 2.80. The van der Waals surface area contributed by atoms with Crippen LogP contribution >= 0.6 is 0 Å². The minimum Gasteiger partial charge on any atom is -0.486 e. The second-order valence-electron chi connectivity index (χ2n) is 6.12. The summed E-state index contributed by atoms with van der Waals surface area (Å²) in [6.45, 7) is 2.42. The van der Waals surface area contributed by atoms with Gasteiger partial charge in [-0.3, -0.25) is 14.0 Å². The van der Waals surface area contributed by atoms with Crippen LogP contribution in [0.15, 0.2) is 53.6 Å². The van der Waals surface area contributed by atoms with Crippen LogP contribution in [0.2, 0.25) is 0 Å². The number of carbonyl (C=O) groups is 1. The molecule has 0 radical (unpaired) electrons. The molecule has 1 atom stereocenters. The van der Waals surface area contributed by atoms with E-state index in [1.54, 1.807) is 12.3 Å². The lowest BCUT2D eigenvalue weighted by Crippen LogP contribution is -2.42. The Kier molecular flexibility index (Phi) is 4.04. The number of benzene rings is 1. The van der Waals surface area contributed by atoms with E-state index in [9.17, 15) is 9.59 Å². The van der Waals surface area contributed by atoms with Crippen LogP contribution in [-0.4, -0.2) is 34.5 Å². The smallest absolute Gasteiger partial charge is 0.270 e. The molecule has 1 unspecified atom stereocenters. The number of nitrogens with zero attached hydrogens (tertiary/aromatic N) is 2. The number of rotatable bonds is 3. The van der Waals surface area contributed by atoms with Crippen molar-refractivity contribution in [2.24, 2.45) is 0 Å². The van der Waals surface area contributed by atoms with Crippen molar-refractivity contribution in [3.63, 3.8) is 0 Å². The summed E-state index contributed by atoms with van der Waals surface area (Å²) in [4.78, 5) is 29.1. The molecule has 0 spiro atoms. The maximum atomic E-state index is 12.5. The van der Waals surface area contributed by atoms with Crippen LogP contribution in [0.1, 0.15) is 15.9 Å². The molecule has 0 saturated carbocycles. The quantitative estimate of drug-likeness (QED) is 0.775. The number of para-hydroxylation sites is 2. The first-order valence-corrected chi connectivity index (χ1v) is 8.26. The highest BCUT2D eigenvalue weighted by Gasteiger charge is 2.22. The van der Waals surface area contributed by atoms with E-state index in [0.29, 0.717) is 23.8 Å². The van der Waals surface area contributed by atoms with Crippen molar-refractivity contribution in [1.29, 1.82) is 0 Å². The molecule has 26 heavy (non-hydrogen) atoms. The fraction of sp³-hybridized carbons (Fsp3) is 0.211. The number of pyridine rings is 1. The van der Waals surface area contributed by atoms with E-state index in [-0.39, 0.29) is 18.2 Å². The molecule has 1 aliphatic heterocycles. The normalized spacial score (nSPS) is 15.7. The SMILES string of the molecule is Cc1ccc2ncc(C(=O)NCC3COc4ccccc4O3)c(=O)n2c1. The van der Waals surface area contributed by atoms with Crippen LogP contribution in [0, 0.1) is 6.92 Å². The molecule has 1 aliphatic rings.